The number of hydrogen-bond donors (Lipinski definition) is 5. The molecule has 0 unspecified atom stereocenters. The highest BCUT2D eigenvalue weighted by Crippen LogP contribution is 2.25. The van der Waals surface area contributed by atoms with Gasteiger partial charge in [0.05, 0.1) is 18.6 Å². The lowest BCUT2D eigenvalue weighted by Gasteiger charge is -1.89. The van der Waals surface area contributed by atoms with E-state index in [1.54, 1.807) is 57.7 Å². The SMILES string of the molecule is CCc1ccccc1.CCc1ccccc1.CCc1ccccc1.CNC(=O)CCl.CNc1csc(-c2cn[nH]c2)n1.CNc1csc(-c2cnn(C)c2)n1.Cl.Cn1cc(C(N)=S)cn1. The van der Waals surface area contributed by atoms with Gasteiger partial charge in [-0.05, 0) is 36.0 Å². The molecule has 0 spiro atoms. The summed E-state index contributed by atoms with van der Waals surface area (Å²) in [5, 5.41) is 28.8. The first-order valence-corrected chi connectivity index (χ1v) is 23.1. The van der Waals surface area contributed by atoms with Gasteiger partial charge < -0.3 is 21.7 Å². The lowest BCUT2D eigenvalue weighted by Crippen LogP contribution is -2.18. The van der Waals surface area contributed by atoms with Gasteiger partial charge in [-0.2, -0.15) is 15.3 Å². The zero-order valence-corrected chi connectivity index (χ0v) is 42.3. The Bertz CT molecular complexity index is 2290. The van der Waals surface area contributed by atoms with E-state index in [0.29, 0.717) is 4.99 Å². The van der Waals surface area contributed by atoms with Gasteiger partial charge in [0.25, 0.3) is 0 Å². The molecule has 65 heavy (non-hydrogen) atoms. The number of thiocarbonyl (C=S) groups is 1. The van der Waals surface area contributed by atoms with Crippen LogP contribution in [0.15, 0.2) is 139 Å². The van der Waals surface area contributed by atoms with E-state index in [-0.39, 0.29) is 24.2 Å². The third-order valence-corrected chi connectivity index (χ3v) is 10.6. The summed E-state index contributed by atoms with van der Waals surface area (Å²) in [6, 6.07) is 31.4. The second kappa shape index (κ2) is 34.5. The van der Waals surface area contributed by atoms with Crippen LogP contribution in [0, 0.1) is 0 Å². The summed E-state index contributed by atoms with van der Waals surface area (Å²) >= 11 is 13.0. The molecule has 0 saturated heterocycles. The van der Waals surface area contributed by atoms with Crippen molar-refractivity contribution in [2.24, 2.45) is 19.8 Å². The fraction of sp³-hybridized carbons (Fsp3) is 0.255. The van der Waals surface area contributed by atoms with Crippen molar-refractivity contribution in [3.63, 3.8) is 0 Å². The Morgan fingerprint density at radius 2 is 1.12 bits per heavy atom. The van der Waals surface area contributed by atoms with E-state index in [4.69, 9.17) is 29.6 Å². The number of aromatic amines is 1. The zero-order valence-electron chi connectivity index (χ0n) is 38.2. The van der Waals surface area contributed by atoms with E-state index in [1.165, 1.54) is 16.7 Å². The minimum atomic E-state index is -0.142. The van der Waals surface area contributed by atoms with E-state index in [1.807, 2.05) is 75.7 Å². The summed E-state index contributed by atoms with van der Waals surface area (Å²) in [4.78, 5) is 19.0. The number of carbonyl (C=O) groups is 1. The predicted molar refractivity (Wildman–Crippen MR) is 282 cm³/mol. The number of benzene rings is 3. The average molecular weight is 978 g/mol. The zero-order chi connectivity index (χ0) is 47.0. The predicted octanol–water partition coefficient (Wildman–Crippen LogP) is 10.4. The molecule has 0 bridgehead atoms. The molecule has 0 aliphatic rings. The van der Waals surface area contributed by atoms with Crippen LogP contribution in [0.3, 0.4) is 0 Å². The topological polar surface area (TPSA) is 169 Å². The van der Waals surface area contributed by atoms with Crippen molar-refractivity contribution in [3.8, 4) is 21.1 Å². The van der Waals surface area contributed by atoms with Gasteiger partial charge in [0.15, 0.2) is 0 Å². The molecule has 0 fully saturated rings. The number of thiazole rings is 2. The van der Waals surface area contributed by atoms with E-state index >= 15 is 0 Å². The number of hydrogen-bond acceptors (Lipinski definition) is 11. The van der Waals surface area contributed by atoms with Gasteiger partial charge >= 0.3 is 0 Å². The van der Waals surface area contributed by atoms with Crippen LogP contribution in [0.2, 0.25) is 0 Å². The van der Waals surface area contributed by atoms with Gasteiger partial charge in [-0.1, -0.05) is 124 Å². The van der Waals surface area contributed by atoms with Crippen LogP contribution in [0.5, 0.6) is 0 Å². The highest BCUT2D eigenvalue weighted by atomic mass is 35.5. The number of carbonyl (C=O) groups excluding carboxylic acids is 1. The van der Waals surface area contributed by atoms with Crippen LogP contribution >= 0.6 is 58.9 Å². The standard InChI is InChI=1S/C8H10N4S.3C8H10.C7H8N4S.C5H7N3S.C3H6ClNO.ClH/c1-9-7-5-13-8(11-7)6-3-10-12(2)4-6;3*1-2-8-6-4-3-5-7-8;1-8-6-4-12-7(11-6)5-2-9-10-3-5;1-8-3-4(2-7-8)5(6)9;1-5-3(6)2-4;/h3-5,9H,1-2H3;3*3-7H,2H2,1H3;2-4,8H,1H3,(H,9,10);2-3H,1H3,(H2,6,9);2H2,1H3,(H,5,6);1H. The molecule has 5 heterocycles. The van der Waals surface area contributed by atoms with E-state index in [2.05, 4.69) is 140 Å². The number of H-pyrrole nitrogens is 1. The molecule has 8 rings (SSSR count). The highest BCUT2D eigenvalue weighted by Gasteiger charge is 2.05. The van der Waals surface area contributed by atoms with Crippen LogP contribution < -0.4 is 21.7 Å². The number of nitrogens with two attached hydrogens (primary N) is 1. The molecule has 6 N–H and O–H groups in total. The molecule has 1 amide bonds. The second-order valence-corrected chi connectivity index (χ2v) is 15.5. The Morgan fingerprint density at radius 3 is 1.37 bits per heavy atom. The fourth-order valence-corrected chi connectivity index (χ4v) is 6.52. The summed E-state index contributed by atoms with van der Waals surface area (Å²) in [5.41, 5.74) is 12.4. The summed E-state index contributed by atoms with van der Waals surface area (Å²) in [6.07, 6.45) is 14.2. The minimum absolute atomic E-state index is 0. The number of amides is 1. The molecule has 0 aliphatic carbocycles. The van der Waals surface area contributed by atoms with Crippen molar-refractivity contribution < 1.29 is 4.79 Å². The smallest absolute Gasteiger partial charge is 0.234 e. The summed E-state index contributed by atoms with van der Waals surface area (Å²) in [7, 11) is 8.98. The van der Waals surface area contributed by atoms with Crippen molar-refractivity contribution in [2.75, 3.05) is 37.7 Å². The minimum Gasteiger partial charge on any atom is -0.389 e. The van der Waals surface area contributed by atoms with Crippen LogP contribution in [0.25, 0.3) is 21.1 Å². The number of aromatic nitrogens is 8. The maximum absolute atomic E-state index is 9.94. The summed E-state index contributed by atoms with van der Waals surface area (Å²) < 4.78 is 3.43. The number of halogens is 2. The molecular formula is C47H62Cl2N12OS3. The Labute approximate surface area is 408 Å². The number of alkyl halides is 1. The van der Waals surface area contributed by atoms with Crippen molar-refractivity contribution in [1.29, 1.82) is 0 Å². The van der Waals surface area contributed by atoms with E-state index < -0.39 is 0 Å². The first kappa shape index (κ1) is 57.1. The number of rotatable bonds is 9. The first-order valence-electron chi connectivity index (χ1n) is 20.4. The molecule has 8 aromatic rings. The maximum Gasteiger partial charge on any atom is 0.234 e. The van der Waals surface area contributed by atoms with Gasteiger partial charge in [-0.25, -0.2) is 9.97 Å². The van der Waals surface area contributed by atoms with Crippen LogP contribution in [-0.2, 0) is 38.2 Å². The van der Waals surface area contributed by atoms with Gasteiger partial charge in [0.1, 0.15) is 32.5 Å². The number of aryl methyl sites for hydroxylation is 5. The molecule has 0 atom stereocenters. The first-order chi connectivity index (χ1) is 31.0. The van der Waals surface area contributed by atoms with Gasteiger partial charge in [-0.15, -0.1) is 46.7 Å². The summed E-state index contributed by atoms with van der Waals surface area (Å²) in [6.45, 7) is 6.49. The van der Waals surface area contributed by atoms with Gasteiger partial charge in [0, 0.05) is 81.3 Å². The van der Waals surface area contributed by atoms with Gasteiger partial charge in [0.2, 0.25) is 5.91 Å². The van der Waals surface area contributed by atoms with Crippen molar-refractivity contribution in [1.82, 2.24) is 45.0 Å². The number of anilines is 2. The highest BCUT2D eigenvalue weighted by molar-refractivity contribution is 7.80. The normalized spacial score (nSPS) is 9.31. The monoisotopic (exact) mass is 976 g/mol. The maximum atomic E-state index is 9.94. The third-order valence-electron chi connectivity index (χ3n) is 8.36. The molecular weight excluding hydrogens is 916 g/mol. The fourth-order valence-electron chi connectivity index (χ4n) is 4.70. The Kier molecular flexibility index (Phi) is 30.3. The average Bonchev–Trinajstić information content (AvgIpc) is 4.22. The molecule has 13 nitrogen and oxygen atoms in total. The quantitative estimate of drug-likeness (QED) is 0.0693. The molecule has 0 aliphatic heterocycles. The van der Waals surface area contributed by atoms with E-state index in [9.17, 15) is 4.79 Å². The van der Waals surface area contributed by atoms with Crippen LogP contribution in [0.4, 0.5) is 11.6 Å². The second-order valence-electron chi connectivity index (χ2n) is 13.1. The lowest BCUT2D eigenvalue weighted by molar-refractivity contribution is -0.118. The Hall–Kier alpha value is -5.91. The lowest BCUT2D eigenvalue weighted by atomic mass is 10.2. The van der Waals surface area contributed by atoms with Crippen molar-refractivity contribution in [3.05, 3.63) is 161 Å². The molecule has 0 radical (unpaired) electrons. The molecule has 5 aromatic heterocycles. The molecule has 0 saturated carbocycles. The third kappa shape index (κ3) is 24.1. The van der Waals surface area contributed by atoms with Gasteiger partial charge in [-0.3, -0.25) is 19.3 Å². The molecule has 3 aromatic carbocycles. The number of nitrogens with one attached hydrogen (secondary N) is 4. The number of nitrogens with zero attached hydrogens (tertiary/aromatic N) is 7. The van der Waals surface area contributed by atoms with Crippen LogP contribution in [0.1, 0.15) is 43.0 Å². The molecule has 18 heteroatoms. The largest absolute Gasteiger partial charge is 0.389 e. The van der Waals surface area contributed by atoms with E-state index in [0.717, 1.165) is 57.6 Å². The summed E-state index contributed by atoms with van der Waals surface area (Å²) in [5.74, 6) is 1.72. The Morgan fingerprint density at radius 1 is 0.692 bits per heavy atom. The van der Waals surface area contributed by atoms with Crippen molar-refractivity contribution >= 4 is 81.4 Å². The Balaban J connectivity index is 0.000000384. The van der Waals surface area contributed by atoms with Crippen molar-refractivity contribution in [2.45, 2.75) is 40.0 Å². The molecule has 348 valence electrons. The van der Waals surface area contributed by atoms with Crippen LogP contribution in [-0.4, -0.2) is 77.6 Å².